The van der Waals surface area contributed by atoms with Crippen LogP contribution in [0.3, 0.4) is 0 Å². The van der Waals surface area contributed by atoms with E-state index >= 15 is 0 Å². The number of rotatable bonds is 5. The molecule has 0 atom stereocenters. The molecule has 0 saturated heterocycles. The molecule has 7 heteroatoms. The zero-order valence-electron chi connectivity index (χ0n) is 12.0. The van der Waals surface area contributed by atoms with Gasteiger partial charge in [0.25, 0.3) is 10.0 Å². The largest absolute Gasteiger partial charge is 0.491 e. The van der Waals surface area contributed by atoms with Crippen LogP contribution in [0.4, 0.5) is 5.69 Å². The third kappa shape index (κ3) is 4.06. The smallest absolute Gasteiger partial charge is 0.261 e. The van der Waals surface area contributed by atoms with Crippen molar-refractivity contribution in [2.24, 2.45) is 0 Å². The minimum Gasteiger partial charge on any atom is -0.491 e. The van der Waals surface area contributed by atoms with Crippen LogP contribution in [0.25, 0.3) is 0 Å². The van der Waals surface area contributed by atoms with Gasteiger partial charge in [0.1, 0.15) is 5.75 Å². The standard InChI is InChI=1S/C15H15Cl2NO3S/c1-10(2)21-11-6-8-12(9-7-11)22(19,20)18-15-13(16)4-3-5-14(15)17/h3-10,18H,1-2H3. The lowest BCUT2D eigenvalue weighted by atomic mass is 10.3. The van der Waals surface area contributed by atoms with Gasteiger partial charge in [0.05, 0.1) is 26.7 Å². The Balaban J connectivity index is 2.27. The molecule has 0 amide bonds. The average molecular weight is 360 g/mol. The van der Waals surface area contributed by atoms with Gasteiger partial charge in [-0.15, -0.1) is 0 Å². The first kappa shape index (κ1) is 16.9. The Morgan fingerprint density at radius 1 is 1.00 bits per heavy atom. The summed E-state index contributed by atoms with van der Waals surface area (Å²) in [6.07, 6.45) is 0.0162. The number of hydrogen-bond donors (Lipinski definition) is 1. The number of ether oxygens (including phenoxy) is 1. The van der Waals surface area contributed by atoms with Crippen molar-refractivity contribution in [3.63, 3.8) is 0 Å². The molecular weight excluding hydrogens is 345 g/mol. The van der Waals surface area contributed by atoms with Crippen LogP contribution in [-0.4, -0.2) is 14.5 Å². The van der Waals surface area contributed by atoms with Crippen LogP contribution in [-0.2, 0) is 10.0 Å². The molecular formula is C15H15Cl2NO3S. The highest BCUT2D eigenvalue weighted by Crippen LogP contribution is 2.32. The number of halogens is 2. The van der Waals surface area contributed by atoms with Gasteiger partial charge in [-0.2, -0.15) is 0 Å². The third-order valence-electron chi connectivity index (χ3n) is 2.71. The van der Waals surface area contributed by atoms with Gasteiger partial charge in [-0.3, -0.25) is 4.72 Å². The molecule has 0 aliphatic carbocycles. The van der Waals surface area contributed by atoms with Crippen molar-refractivity contribution < 1.29 is 13.2 Å². The van der Waals surface area contributed by atoms with E-state index in [1.54, 1.807) is 30.3 Å². The summed E-state index contributed by atoms with van der Waals surface area (Å²) in [6.45, 7) is 3.79. The van der Waals surface area contributed by atoms with Crippen molar-refractivity contribution >= 4 is 38.9 Å². The molecule has 0 heterocycles. The Kier molecular flexibility index (Phi) is 5.21. The fourth-order valence-corrected chi connectivity index (χ4v) is 3.46. The lowest BCUT2D eigenvalue weighted by Gasteiger charge is -2.12. The van der Waals surface area contributed by atoms with E-state index < -0.39 is 10.0 Å². The van der Waals surface area contributed by atoms with Crippen molar-refractivity contribution in [2.75, 3.05) is 4.72 Å². The van der Waals surface area contributed by atoms with Gasteiger partial charge in [-0.1, -0.05) is 29.3 Å². The van der Waals surface area contributed by atoms with Gasteiger partial charge in [0, 0.05) is 0 Å². The molecule has 2 aromatic rings. The summed E-state index contributed by atoms with van der Waals surface area (Å²) in [5.74, 6) is 0.602. The van der Waals surface area contributed by atoms with E-state index in [4.69, 9.17) is 27.9 Å². The van der Waals surface area contributed by atoms with E-state index in [9.17, 15) is 8.42 Å². The molecule has 4 nitrogen and oxygen atoms in total. The Morgan fingerprint density at radius 3 is 2.05 bits per heavy atom. The van der Waals surface area contributed by atoms with Crippen LogP contribution < -0.4 is 9.46 Å². The van der Waals surface area contributed by atoms with Crippen molar-refractivity contribution in [3.05, 3.63) is 52.5 Å². The highest BCUT2D eigenvalue weighted by molar-refractivity contribution is 7.92. The van der Waals surface area contributed by atoms with Crippen LogP contribution in [0.2, 0.25) is 10.0 Å². The second-order valence-corrected chi connectivity index (χ2v) is 7.34. The Labute approximate surface area is 140 Å². The zero-order valence-corrected chi connectivity index (χ0v) is 14.3. The maximum absolute atomic E-state index is 12.4. The molecule has 0 radical (unpaired) electrons. The highest BCUT2D eigenvalue weighted by atomic mass is 35.5. The van der Waals surface area contributed by atoms with E-state index in [2.05, 4.69) is 4.72 Å². The third-order valence-corrected chi connectivity index (χ3v) is 4.70. The molecule has 0 bridgehead atoms. The van der Waals surface area contributed by atoms with E-state index in [1.807, 2.05) is 13.8 Å². The molecule has 0 unspecified atom stereocenters. The Bertz CT molecular complexity index is 739. The number of hydrogen-bond acceptors (Lipinski definition) is 3. The number of anilines is 1. The molecule has 1 N–H and O–H groups in total. The van der Waals surface area contributed by atoms with Crippen molar-refractivity contribution in [2.45, 2.75) is 24.8 Å². The number of para-hydroxylation sites is 1. The van der Waals surface area contributed by atoms with E-state index in [1.165, 1.54) is 12.1 Å². The van der Waals surface area contributed by atoms with Gasteiger partial charge in [0.2, 0.25) is 0 Å². The average Bonchev–Trinajstić information content (AvgIpc) is 2.43. The summed E-state index contributed by atoms with van der Waals surface area (Å²) in [4.78, 5) is 0.0968. The molecule has 0 aromatic heterocycles. The fraction of sp³-hybridized carbons (Fsp3) is 0.200. The molecule has 118 valence electrons. The van der Waals surface area contributed by atoms with Crippen molar-refractivity contribution in [3.8, 4) is 5.75 Å². The summed E-state index contributed by atoms with van der Waals surface area (Å²) >= 11 is 11.9. The summed E-state index contributed by atoms with van der Waals surface area (Å²) in [5.41, 5.74) is 0.161. The van der Waals surface area contributed by atoms with Gasteiger partial charge in [-0.25, -0.2) is 8.42 Å². The molecule has 0 aliphatic heterocycles. The first-order chi connectivity index (χ1) is 10.3. The van der Waals surface area contributed by atoms with Gasteiger partial charge in [-0.05, 0) is 50.2 Å². The first-order valence-corrected chi connectivity index (χ1v) is 8.77. The molecule has 0 spiro atoms. The topological polar surface area (TPSA) is 55.4 Å². The van der Waals surface area contributed by atoms with Crippen LogP contribution in [0.1, 0.15) is 13.8 Å². The first-order valence-electron chi connectivity index (χ1n) is 6.53. The van der Waals surface area contributed by atoms with Crippen molar-refractivity contribution in [1.29, 1.82) is 0 Å². The lowest BCUT2D eigenvalue weighted by Crippen LogP contribution is -2.13. The molecule has 0 saturated carbocycles. The lowest BCUT2D eigenvalue weighted by molar-refractivity contribution is 0.242. The maximum atomic E-state index is 12.4. The summed E-state index contributed by atoms with van der Waals surface area (Å²) in [5, 5.41) is 0.465. The van der Waals surface area contributed by atoms with Crippen LogP contribution in [0, 0.1) is 0 Å². The summed E-state index contributed by atoms with van der Waals surface area (Å²) in [6, 6.07) is 10.9. The van der Waals surface area contributed by atoms with Gasteiger partial charge in [0.15, 0.2) is 0 Å². The van der Waals surface area contributed by atoms with Gasteiger partial charge >= 0.3 is 0 Å². The number of benzene rings is 2. The predicted octanol–water partition coefficient (Wildman–Crippen LogP) is 4.58. The minimum atomic E-state index is -3.78. The molecule has 0 aliphatic rings. The maximum Gasteiger partial charge on any atom is 0.261 e. The van der Waals surface area contributed by atoms with E-state index in [-0.39, 0.29) is 26.7 Å². The van der Waals surface area contributed by atoms with Crippen LogP contribution >= 0.6 is 23.2 Å². The second-order valence-electron chi connectivity index (χ2n) is 4.84. The fourth-order valence-electron chi connectivity index (χ4n) is 1.76. The van der Waals surface area contributed by atoms with E-state index in [0.717, 1.165) is 0 Å². The second kappa shape index (κ2) is 6.77. The SMILES string of the molecule is CC(C)Oc1ccc(S(=O)(=O)Nc2c(Cl)cccc2Cl)cc1. The van der Waals surface area contributed by atoms with Gasteiger partial charge < -0.3 is 4.74 Å². The zero-order chi connectivity index (χ0) is 16.3. The monoisotopic (exact) mass is 359 g/mol. The predicted molar refractivity (Wildman–Crippen MR) is 89.5 cm³/mol. The molecule has 22 heavy (non-hydrogen) atoms. The highest BCUT2D eigenvalue weighted by Gasteiger charge is 2.17. The number of sulfonamides is 1. The minimum absolute atomic E-state index is 0.0162. The summed E-state index contributed by atoms with van der Waals surface area (Å²) < 4.78 is 32.6. The Morgan fingerprint density at radius 2 is 1.55 bits per heavy atom. The summed E-state index contributed by atoms with van der Waals surface area (Å²) in [7, 11) is -3.78. The molecule has 2 rings (SSSR count). The normalized spacial score (nSPS) is 11.5. The van der Waals surface area contributed by atoms with Crippen LogP contribution in [0.15, 0.2) is 47.4 Å². The van der Waals surface area contributed by atoms with Crippen molar-refractivity contribution in [1.82, 2.24) is 0 Å². The number of nitrogens with one attached hydrogen (secondary N) is 1. The molecule has 2 aromatic carbocycles. The van der Waals surface area contributed by atoms with Crippen LogP contribution in [0.5, 0.6) is 5.75 Å². The quantitative estimate of drug-likeness (QED) is 0.849. The Hall–Kier alpha value is -1.43. The molecule has 0 fully saturated rings. The van der Waals surface area contributed by atoms with E-state index in [0.29, 0.717) is 5.75 Å².